The molecule has 24 heavy (non-hydrogen) atoms. The number of nitro groups is 1. The van der Waals surface area contributed by atoms with Gasteiger partial charge in [0, 0.05) is 30.9 Å². The highest BCUT2D eigenvalue weighted by molar-refractivity contribution is 6.40. The van der Waals surface area contributed by atoms with Gasteiger partial charge in [0.05, 0.1) is 4.92 Å². The quantitative estimate of drug-likeness (QED) is 0.397. The van der Waals surface area contributed by atoms with Crippen molar-refractivity contribution in [1.29, 1.82) is 0 Å². The number of nitrogens with zero attached hydrogens (tertiary/aromatic N) is 2. The molecule has 7 heteroatoms. The number of rotatable bonds is 3. The summed E-state index contributed by atoms with van der Waals surface area (Å²) in [4.78, 5) is 36.2. The van der Waals surface area contributed by atoms with Crippen molar-refractivity contribution in [2.24, 2.45) is 5.92 Å². The summed E-state index contributed by atoms with van der Waals surface area (Å²) in [5, 5.41) is 13.5. The van der Waals surface area contributed by atoms with Crippen LogP contribution in [0.5, 0.6) is 0 Å². The zero-order chi connectivity index (χ0) is 17.1. The standard InChI is InChI=1S/C17H19N3O4/c21-16(18-11-12-4-2-1-3-5-12)17(22)19-9-8-13-10-14(20(23)24)6-7-15(13)19/h1-2,6-7,10,12H,3-5,8-9,11H2,(H,18,21). The monoisotopic (exact) mass is 329 g/mol. The molecule has 2 aliphatic rings. The number of hydrogen-bond donors (Lipinski definition) is 1. The average molecular weight is 329 g/mol. The Hall–Kier alpha value is -2.70. The SMILES string of the molecule is O=C(NCC1CC=CCC1)C(=O)N1CCc2cc([N+](=O)[O-])ccc21. The summed E-state index contributed by atoms with van der Waals surface area (Å²) in [6.07, 6.45) is 7.69. The van der Waals surface area contributed by atoms with E-state index in [0.29, 0.717) is 31.1 Å². The van der Waals surface area contributed by atoms with Crippen LogP contribution >= 0.6 is 0 Å². The molecule has 0 aromatic heterocycles. The van der Waals surface area contributed by atoms with Crippen molar-refractivity contribution in [2.45, 2.75) is 25.7 Å². The second kappa shape index (κ2) is 6.82. The van der Waals surface area contributed by atoms with Crippen LogP contribution in [0, 0.1) is 16.0 Å². The molecule has 1 N–H and O–H groups in total. The van der Waals surface area contributed by atoms with Crippen molar-refractivity contribution in [1.82, 2.24) is 5.32 Å². The van der Waals surface area contributed by atoms with E-state index in [1.165, 1.54) is 23.1 Å². The molecule has 0 radical (unpaired) electrons. The molecule has 1 heterocycles. The summed E-state index contributed by atoms with van der Waals surface area (Å²) in [7, 11) is 0. The van der Waals surface area contributed by atoms with Crippen LogP contribution in [0.25, 0.3) is 0 Å². The first-order valence-corrected chi connectivity index (χ1v) is 8.08. The van der Waals surface area contributed by atoms with Gasteiger partial charge >= 0.3 is 11.8 Å². The van der Waals surface area contributed by atoms with Gasteiger partial charge in [0.1, 0.15) is 0 Å². The van der Waals surface area contributed by atoms with Crippen molar-refractivity contribution in [3.63, 3.8) is 0 Å². The van der Waals surface area contributed by atoms with Gasteiger partial charge in [-0.25, -0.2) is 0 Å². The molecule has 0 saturated heterocycles. The molecule has 1 aromatic rings. The maximum atomic E-state index is 12.4. The number of carbonyl (C=O) groups is 2. The minimum absolute atomic E-state index is 0.00199. The fraction of sp³-hybridized carbons (Fsp3) is 0.412. The fourth-order valence-corrected chi connectivity index (χ4v) is 3.19. The zero-order valence-electron chi connectivity index (χ0n) is 13.2. The molecule has 2 amide bonds. The van der Waals surface area contributed by atoms with E-state index in [9.17, 15) is 19.7 Å². The number of carbonyl (C=O) groups excluding carboxylic acids is 2. The molecule has 7 nitrogen and oxygen atoms in total. The molecule has 126 valence electrons. The summed E-state index contributed by atoms with van der Waals surface area (Å²) < 4.78 is 0. The van der Waals surface area contributed by atoms with Gasteiger partial charge < -0.3 is 10.2 Å². The molecule has 0 spiro atoms. The van der Waals surface area contributed by atoms with Crippen molar-refractivity contribution in [2.75, 3.05) is 18.0 Å². The van der Waals surface area contributed by atoms with E-state index in [4.69, 9.17) is 0 Å². The van der Waals surface area contributed by atoms with E-state index in [1.54, 1.807) is 0 Å². The first-order valence-electron chi connectivity index (χ1n) is 8.08. The number of hydrogen-bond acceptors (Lipinski definition) is 4. The molecular formula is C17H19N3O4. The van der Waals surface area contributed by atoms with Gasteiger partial charge in [-0.15, -0.1) is 0 Å². The fourth-order valence-electron chi connectivity index (χ4n) is 3.19. The lowest BCUT2D eigenvalue weighted by Gasteiger charge is -2.20. The van der Waals surface area contributed by atoms with Crippen LogP contribution in [0.3, 0.4) is 0 Å². The van der Waals surface area contributed by atoms with E-state index < -0.39 is 16.7 Å². The van der Waals surface area contributed by atoms with Gasteiger partial charge in [-0.05, 0) is 43.2 Å². The summed E-state index contributed by atoms with van der Waals surface area (Å²) >= 11 is 0. The van der Waals surface area contributed by atoms with Crippen LogP contribution in [0.2, 0.25) is 0 Å². The smallest absolute Gasteiger partial charge is 0.316 e. The predicted molar refractivity (Wildman–Crippen MR) is 88.6 cm³/mol. The van der Waals surface area contributed by atoms with Crippen molar-refractivity contribution >= 4 is 23.2 Å². The van der Waals surface area contributed by atoms with Crippen LogP contribution in [0.15, 0.2) is 30.4 Å². The Labute approximate surface area is 139 Å². The first-order chi connectivity index (χ1) is 11.6. The number of fused-ring (bicyclic) bond motifs is 1. The number of allylic oxidation sites excluding steroid dienone is 2. The summed E-state index contributed by atoms with van der Waals surface area (Å²) in [6, 6.07) is 4.36. The summed E-state index contributed by atoms with van der Waals surface area (Å²) in [6.45, 7) is 0.866. The Balaban J connectivity index is 1.63. The third-order valence-electron chi connectivity index (χ3n) is 4.54. The molecule has 1 aliphatic carbocycles. The Morgan fingerprint density at radius 3 is 2.88 bits per heavy atom. The molecule has 0 bridgehead atoms. The Bertz CT molecular complexity index is 714. The van der Waals surface area contributed by atoms with Crippen LogP contribution in [0.1, 0.15) is 24.8 Å². The summed E-state index contributed by atoms with van der Waals surface area (Å²) in [5.41, 5.74) is 1.31. The number of nitrogens with one attached hydrogen (secondary N) is 1. The van der Waals surface area contributed by atoms with Gasteiger partial charge in [0.25, 0.3) is 5.69 Å². The second-order valence-electron chi connectivity index (χ2n) is 6.14. The zero-order valence-corrected chi connectivity index (χ0v) is 13.2. The molecule has 1 aliphatic heterocycles. The van der Waals surface area contributed by atoms with Crippen molar-refractivity contribution in [3.8, 4) is 0 Å². The van der Waals surface area contributed by atoms with Gasteiger partial charge in [0.15, 0.2) is 0 Å². The topological polar surface area (TPSA) is 92.6 Å². The van der Waals surface area contributed by atoms with Gasteiger partial charge in [-0.2, -0.15) is 0 Å². The van der Waals surface area contributed by atoms with E-state index in [0.717, 1.165) is 24.8 Å². The highest BCUT2D eigenvalue weighted by Crippen LogP contribution is 2.31. The van der Waals surface area contributed by atoms with Crippen LogP contribution in [-0.4, -0.2) is 29.8 Å². The molecule has 3 rings (SSSR count). The van der Waals surface area contributed by atoms with E-state index in [2.05, 4.69) is 17.5 Å². The predicted octanol–water partition coefficient (Wildman–Crippen LogP) is 1.96. The average Bonchev–Trinajstić information content (AvgIpc) is 3.03. The largest absolute Gasteiger partial charge is 0.348 e. The molecule has 0 fully saturated rings. The maximum absolute atomic E-state index is 12.4. The van der Waals surface area contributed by atoms with E-state index in [-0.39, 0.29) is 5.69 Å². The van der Waals surface area contributed by atoms with Gasteiger partial charge in [0.2, 0.25) is 0 Å². The van der Waals surface area contributed by atoms with E-state index in [1.807, 2.05) is 0 Å². The third-order valence-corrected chi connectivity index (χ3v) is 4.54. The lowest BCUT2D eigenvalue weighted by molar-refractivity contribution is -0.384. The molecular weight excluding hydrogens is 310 g/mol. The number of benzene rings is 1. The summed E-state index contributed by atoms with van der Waals surface area (Å²) in [5.74, 6) is -0.843. The maximum Gasteiger partial charge on any atom is 0.316 e. The van der Waals surface area contributed by atoms with Crippen LogP contribution < -0.4 is 10.2 Å². The second-order valence-corrected chi connectivity index (χ2v) is 6.14. The lowest BCUT2D eigenvalue weighted by Crippen LogP contribution is -2.43. The highest BCUT2D eigenvalue weighted by atomic mass is 16.6. The number of anilines is 1. The molecule has 1 atom stereocenters. The van der Waals surface area contributed by atoms with Crippen LogP contribution in [0.4, 0.5) is 11.4 Å². The minimum Gasteiger partial charge on any atom is -0.348 e. The van der Waals surface area contributed by atoms with E-state index >= 15 is 0 Å². The van der Waals surface area contributed by atoms with Crippen molar-refractivity contribution < 1.29 is 14.5 Å². The molecule has 0 saturated carbocycles. The highest BCUT2D eigenvalue weighted by Gasteiger charge is 2.30. The Morgan fingerprint density at radius 2 is 2.17 bits per heavy atom. The van der Waals surface area contributed by atoms with Crippen molar-refractivity contribution in [3.05, 3.63) is 46.0 Å². The number of non-ortho nitro benzene ring substituents is 1. The lowest BCUT2D eigenvalue weighted by atomic mass is 9.94. The number of nitro benzene ring substituents is 1. The first kappa shape index (κ1) is 16.2. The minimum atomic E-state index is -0.615. The normalized spacial score (nSPS) is 19.0. The molecule has 1 unspecified atom stereocenters. The van der Waals surface area contributed by atoms with Gasteiger partial charge in [-0.1, -0.05) is 12.2 Å². The Kier molecular flexibility index (Phi) is 4.59. The number of amides is 2. The third kappa shape index (κ3) is 3.29. The van der Waals surface area contributed by atoms with Crippen LogP contribution in [-0.2, 0) is 16.0 Å². The Morgan fingerprint density at radius 1 is 1.33 bits per heavy atom. The van der Waals surface area contributed by atoms with Gasteiger partial charge in [-0.3, -0.25) is 19.7 Å². The molecule has 1 aromatic carbocycles.